The number of carbonyl (C=O) groups excluding carboxylic acids is 1. The first kappa shape index (κ1) is 13.5. The van der Waals surface area contributed by atoms with E-state index in [1.54, 1.807) is 0 Å². The van der Waals surface area contributed by atoms with Gasteiger partial charge >= 0.3 is 0 Å². The molecule has 5 heteroatoms. The molecule has 1 rings (SSSR count). The third-order valence-electron chi connectivity index (χ3n) is 2.27. The fourth-order valence-corrected chi connectivity index (χ4v) is 2.49. The molecule has 1 amide bonds. The normalized spacial score (nSPS) is 14.5. The lowest BCUT2D eigenvalue weighted by Gasteiger charge is -2.18. The van der Waals surface area contributed by atoms with Crippen LogP contribution in [0.25, 0.3) is 0 Å². The third-order valence-corrected chi connectivity index (χ3v) is 3.68. The Labute approximate surface area is 105 Å². The molecule has 0 aromatic carbocycles. The highest BCUT2D eigenvalue weighted by atomic mass is 35.5. The van der Waals surface area contributed by atoms with E-state index in [-0.39, 0.29) is 18.0 Å². The van der Waals surface area contributed by atoms with E-state index >= 15 is 0 Å². The highest BCUT2D eigenvalue weighted by Crippen LogP contribution is 2.26. The number of hydrogen-bond donors (Lipinski definition) is 2. The summed E-state index contributed by atoms with van der Waals surface area (Å²) in [6, 6.07) is 3.79. The Hall–Kier alpha value is -0.580. The van der Waals surface area contributed by atoms with Crippen LogP contribution in [0.1, 0.15) is 31.7 Å². The number of likely N-dealkylation sites (N-methyl/N-ethyl adjacent to an activating group) is 1. The maximum atomic E-state index is 11.5. The summed E-state index contributed by atoms with van der Waals surface area (Å²) in [7, 11) is 0. The molecule has 2 unspecified atom stereocenters. The zero-order chi connectivity index (χ0) is 12.1. The molecular formula is C11H17ClN2OS. The van der Waals surface area contributed by atoms with Crippen molar-refractivity contribution in [2.24, 2.45) is 0 Å². The summed E-state index contributed by atoms with van der Waals surface area (Å²) in [4.78, 5) is 12.7. The van der Waals surface area contributed by atoms with Crippen molar-refractivity contribution in [3.8, 4) is 0 Å². The second-order valence-electron chi connectivity index (χ2n) is 3.65. The van der Waals surface area contributed by atoms with Gasteiger partial charge in [-0.1, -0.05) is 11.6 Å². The second kappa shape index (κ2) is 6.23. The van der Waals surface area contributed by atoms with Crippen molar-refractivity contribution in [2.75, 3.05) is 6.54 Å². The van der Waals surface area contributed by atoms with Crippen molar-refractivity contribution >= 4 is 28.8 Å². The fraction of sp³-hybridized carbons (Fsp3) is 0.545. The van der Waals surface area contributed by atoms with Crippen LogP contribution in [0.3, 0.4) is 0 Å². The van der Waals surface area contributed by atoms with Crippen LogP contribution in [0, 0.1) is 0 Å². The van der Waals surface area contributed by atoms with Gasteiger partial charge in [0.05, 0.1) is 10.4 Å². The number of hydrogen-bond acceptors (Lipinski definition) is 3. The Balaban J connectivity index is 2.51. The molecule has 2 N–H and O–H groups in total. The average molecular weight is 261 g/mol. The molecule has 0 aliphatic carbocycles. The predicted octanol–water partition coefficient (Wildman–Crippen LogP) is 2.58. The van der Waals surface area contributed by atoms with Crippen LogP contribution in [0.2, 0.25) is 4.34 Å². The molecule has 1 heterocycles. The van der Waals surface area contributed by atoms with Crippen molar-refractivity contribution in [3.05, 3.63) is 21.3 Å². The van der Waals surface area contributed by atoms with Gasteiger partial charge in [-0.25, -0.2) is 0 Å². The van der Waals surface area contributed by atoms with Gasteiger partial charge in [-0.3, -0.25) is 10.1 Å². The van der Waals surface area contributed by atoms with Crippen LogP contribution in [-0.4, -0.2) is 18.5 Å². The first-order valence-electron chi connectivity index (χ1n) is 5.33. The van der Waals surface area contributed by atoms with Crippen LogP contribution >= 0.6 is 22.9 Å². The van der Waals surface area contributed by atoms with Gasteiger partial charge in [-0.15, -0.1) is 11.3 Å². The molecule has 0 saturated heterocycles. The lowest BCUT2D eigenvalue weighted by molar-refractivity contribution is -0.122. The molecule has 0 fully saturated rings. The van der Waals surface area contributed by atoms with Gasteiger partial charge in [0.2, 0.25) is 5.91 Å². The lowest BCUT2D eigenvalue weighted by atomic mass is 10.2. The standard InChI is InChI=1S/C11H17ClN2OS/c1-4-13-11(15)8(3)14-7(2)9-5-6-10(12)16-9/h5-8,14H,4H2,1-3H3,(H,13,15). The molecule has 0 radical (unpaired) electrons. The Morgan fingerprint density at radius 2 is 2.19 bits per heavy atom. The van der Waals surface area contributed by atoms with E-state index in [1.165, 1.54) is 11.3 Å². The smallest absolute Gasteiger partial charge is 0.236 e. The molecule has 2 atom stereocenters. The predicted molar refractivity (Wildman–Crippen MR) is 69.0 cm³/mol. The summed E-state index contributed by atoms with van der Waals surface area (Å²) in [5.74, 6) is 0.0250. The minimum absolute atomic E-state index is 0.0250. The van der Waals surface area contributed by atoms with Crippen molar-refractivity contribution in [3.63, 3.8) is 0 Å². The van der Waals surface area contributed by atoms with E-state index in [9.17, 15) is 4.79 Å². The Morgan fingerprint density at radius 1 is 1.50 bits per heavy atom. The minimum atomic E-state index is -0.198. The fourth-order valence-electron chi connectivity index (χ4n) is 1.42. The van der Waals surface area contributed by atoms with Crippen LogP contribution in [0.5, 0.6) is 0 Å². The van der Waals surface area contributed by atoms with Crippen molar-refractivity contribution in [2.45, 2.75) is 32.9 Å². The maximum absolute atomic E-state index is 11.5. The van der Waals surface area contributed by atoms with Gasteiger partial charge in [0, 0.05) is 17.5 Å². The molecule has 0 spiro atoms. The Kier molecular flexibility index (Phi) is 5.25. The zero-order valence-corrected chi connectivity index (χ0v) is 11.3. The van der Waals surface area contributed by atoms with E-state index in [2.05, 4.69) is 10.6 Å². The Bertz CT molecular complexity index is 354. The van der Waals surface area contributed by atoms with Crippen molar-refractivity contribution in [1.82, 2.24) is 10.6 Å². The highest BCUT2D eigenvalue weighted by molar-refractivity contribution is 7.16. The van der Waals surface area contributed by atoms with Crippen LogP contribution < -0.4 is 10.6 Å². The summed E-state index contributed by atoms with van der Waals surface area (Å²) in [5, 5.41) is 6.02. The maximum Gasteiger partial charge on any atom is 0.236 e. The summed E-state index contributed by atoms with van der Waals surface area (Å²) in [6.45, 7) is 6.45. The monoisotopic (exact) mass is 260 g/mol. The largest absolute Gasteiger partial charge is 0.355 e. The summed E-state index contributed by atoms with van der Waals surface area (Å²) >= 11 is 7.40. The van der Waals surface area contributed by atoms with E-state index in [0.29, 0.717) is 6.54 Å². The molecule has 3 nitrogen and oxygen atoms in total. The van der Waals surface area contributed by atoms with Crippen LogP contribution in [0.15, 0.2) is 12.1 Å². The number of carbonyl (C=O) groups is 1. The highest BCUT2D eigenvalue weighted by Gasteiger charge is 2.16. The molecule has 90 valence electrons. The zero-order valence-electron chi connectivity index (χ0n) is 9.71. The lowest BCUT2D eigenvalue weighted by Crippen LogP contribution is -2.42. The first-order chi connectivity index (χ1) is 7.54. The number of amides is 1. The molecule has 0 aliphatic heterocycles. The minimum Gasteiger partial charge on any atom is -0.355 e. The number of halogens is 1. The van der Waals surface area contributed by atoms with Crippen LogP contribution in [0.4, 0.5) is 0 Å². The average Bonchev–Trinajstić information content (AvgIpc) is 2.65. The summed E-state index contributed by atoms with van der Waals surface area (Å²) < 4.78 is 0.773. The Morgan fingerprint density at radius 3 is 2.69 bits per heavy atom. The van der Waals surface area contributed by atoms with Crippen LogP contribution in [-0.2, 0) is 4.79 Å². The van der Waals surface area contributed by atoms with Gasteiger partial charge < -0.3 is 5.32 Å². The number of rotatable bonds is 5. The van der Waals surface area contributed by atoms with E-state index in [0.717, 1.165) is 9.21 Å². The topological polar surface area (TPSA) is 41.1 Å². The molecule has 0 aliphatic rings. The first-order valence-corrected chi connectivity index (χ1v) is 6.53. The van der Waals surface area contributed by atoms with Crippen molar-refractivity contribution < 1.29 is 4.79 Å². The van der Waals surface area contributed by atoms with Gasteiger partial charge in [-0.2, -0.15) is 0 Å². The molecule has 0 saturated carbocycles. The number of nitrogens with one attached hydrogen (secondary N) is 2. The summed E-state index contributed by atoms with van der Waals surface area (Å²) in [6.07, 6.45) is 0. The van der Waals surface area contributed by atoms with Gasteiger partial charge in [0.25, 0.3) is 0 Å². The SMILES string of the molecule is CCNC(=O)C(C)NC(C)c1ccc(Cl)s1. The van der Waals surface area contributed by atoms with E-state index in [1.807, 2.05) is 32.9 Å². The molecule has 0 bridgehead atoms. The van der Waals surface area contributed by atoms with Gasteiger partial charge in [-0.05, 0) is 32.9 Å². The van der Waals surface area contributed by atoms with Gasteiger partial charge in [0.1, 0.15) is 0 Å². The quantitative estimate of drug-likeness (QED) is 0.854. The van der Waals surface area contributed by atoms with E-state index in [4.69, 9.17) is 11.6 Å². The number of thiophene rings is 1. The molecular weight excluding hydrogens is 244 g/mol. The third kappa shape index (κ3) is 3.77. The summed E-state index contributed by atoms with van der Waals surface area (Å²) in [5.41, 5.74) is 0. The second-order valence-corrected chi connectivity index (χ2v) is 5.39. The van der Waals surface area contributed by atoms with E-state index < -0.39 is 0 Å². The molecule has 1 aromatic rings. The molecule has 16 heavy (non-hydrogen) atoms. The molecule has 1 aromatic heterocycles. The van der Waals surface area contributed by atoms with Gasteiger partial charge in [0.15, 0.2) is 0 Å². The van der Waals surface area contributed by atoms with Crippen molar-refractivity contribution in [1.29, 1.82) is 0 Å².